The molecule has 14 heteroatoms. The molecule has 2 aromatic carbocycles. The first-order valence-corrected chi connectivity index (χ1v) is 13.3. The largest absolute Gasteiger partial charge is 0.466 e. The van der Waals surface area contributed by atoms with E-state index in [2.05, 4.69) is 5.32 Å². The number of esters is 2. The Morgan fingerprint density at radius 1 is 0.977 bits per heavy atom. The van der Waals surface area contributed by atoms with Crippen molar-refractivity contribution < 1.29 is 51.0 Å². The van der Waals surface area contributed by atoms with Gasteiger partial charge in [0.1, 0.15) is 6.67 Å². The lowest BCUT2D eigenvalue weighted by molar-refractivity contribution is -0.139. The summed E-state index contributed by atoms with van der Waals surface area (Å²) in [6.07, 6.45) is -4.89. The number of alkyl halides is 4. The molecule has 0 bridgehead atoms. The third-order valence-electron chi connectivity index (χ3n) is 6.79. The second-order valence-electron chi connectivity index (χ2n) is 9.25. The lowest BCUT2D eigenvalue weighted by atomic mass is 9.79. The normalized spacial score (nSPS) is 16.8. The maximum absolute atomic E-state index is 14.3. The second-order valence-corrected chi connectivity index (χ2v) is 9.63. The van der Waals surface area contributed by atoms with Crippen molar-refractivity contribution in [1.82, 2.24) is 10.2 Å². The van der Waals surface area contributed by atoms with E-state index in [-0.39, 0.29) is 47.7 Å². The predicted octanol–water partition coefficient (Wildman–Crippen LogP) is 4.57. The van der Waals surface area contributed by atoms with Crippen LogP contribution in [0, 0.1) is 0 Å². The molecule has 0 saturated heterocycles. The number of allylic oxidation sites excluding steroid dienone is 1. The Morgan fingerprint density at radius 2 is 1.60 bits per heavy atom. The van der Waals surface area contributed by atoms with E-state index in [0.717, 1.165) is 24.1 Å². The lowest BCUT2D eigenvalue weighted by Gasteiger charge is -2.32. The number of dihydropyridines is 1. The van der Waals surface area contributed by atoms with E-state index in [0.29, 0.717) is 0 Å². The number of amides is 2. The monoisotopic (exact) mass is 624 g/mol. The molecule has 1 atom stereocenters. The molecule has 1 unspecified atom stereocenters. The zero-order chi connectivity index (χ0) is 31.5. The van der Waals surface area contributed by atoms with Crippen LogP contribution in [0.1, 0.15) is 44.7 Å². The van der Waals surface area contributed by atoms with E-state index in [1.165, 1.54) is 25.1 Å². The van der Waals surface area contributed by atoms with Gasteiger partial charge in [-0.2, -0.15) is 13.2 Å². The molecule has 0 saturated carbocycles. The Bertz CT molecular complexity index is 1500. The van der Waals surface area contributed by atoms with E-state index >= 15 is 0 Å². The van der Waals surface area contributed by atoms with E-state index in [4.69, 9.17) is 25.8 Å². The van der Waals surface area contributed by atoms with Crippen molar-refractivity contribution in [2.45, 2.75) is 19.0 Å². The standard InChI is InChI=1S/C29H25ClF4N2O7/c1-3-43-28(40)23-20(14-42-12-11-36-25(37)15-7-4-5-8-16(15)26(36)38)35-19(13-31)22(27(39)41-2)21(23)17-9-6-10-18(24(17)30)29(32,33)34/h4-10,21,35H,3,11-14H2,1-2H3. The van der Waals surface area contributed by atoms with Gasteiger partial charge in [0.2, 0.25) is 0 Å². The summed E-state index contributed by atoms with van der Waals surface area (Å²) in [5.41, 5.74) is -2.44. The van der Waals surface area contributed by atoms with Gasteiger partial charge in [-0.05, 0) is 30.7 Å². The molecule has 2 aliphatic heterocycles. The average molecular weight is 625 g/mol. The summed E-state index contributed by atoms with van der Waals surface area (Å²) < 4.78 is 71.2. The molecule has 2 aliphatic rings. The zero-order valence-corrected chi connectivity index (χ0v) is 23.6. The third kappa shape index (κ3) is 6.13. The van der Waals surface area contributed by atoms with Gasteiger partial charge < -0.3 is 19.5 Å². The maximum atomic E-state index is 14.3. The minimum atomic E-state index is -4.89. The molecule has 0 spiro atoms. The molecular weight excluding hydrogens is 600 g/mol. The van der Waals surface area contributed by atoms with Crippen LogP contribution in [0.5, 0.6) is 0 Å². The van der Waals surface area contributed by atoms with Crippen LogP contribution in [0.3, 0.4) is 0 Å². The van der Waals surface area contributed by atoms with Crippen LogP contribution < -0.4 is 5.32 Å². The molecule has 0 radical (unpaired) electrons. The highest BCUT2D eigenvalue weighted by Crippen LogP contribution is 2.45. The first-order valence-electron chi connectivity index (χ1n) is 12.9. The summed E-state index contributed by atoms with van der Waals surface area (Å²) in [6.45, 7) is -0.818. The number of carbonyl (C=O) groups excluding carboxylic acids is 4. The van der Waals surface area contributed by atoms with E-state index in [1.807, 2.05) is 0 Å². The number of ether oxygens (including phenoxy) is 3. The highest BCUT2D eigenvalue weighted by atomic mass is 35.5. The molecule has 9 nitrogen and oxygen atoms in total. The Kier molecular flexibility index (Phi) is 9.55. The van der Waals surface area contributed by atoms with Crippen molar-refractivity contribution in [3.8, 4) is 0 Å². The average Bonchev–Trinajstić information content (AvgIpc) is 3.22. The number of nitrogens with one attached hydrogen (secondary N) is 1. The highest BCUT2D eigenvalue weighted by Gasteiger charge is 2.43. The fourth-order valence-corrected chi connectivity index (χ4v) is 5.25. The molecule has 43 heavy (non-hydrogen) atoms. The first-order chi connectivity index (χ1) is 20.5. The Labute approximate surface area is 248 Å². The number of methoxy groups -OCH3 is 1. The Hall–Kier alpha value is -4.23. The number of rotatable bonds is 10. The minimum absolute atomic E-state index is 0.125. The van der Waals surface area contributed by atoms with Gasteiger partial charge in [0.25, 0.3) is 11.8 Å². The topological polar surface area (TPSA) is 111 Å². The second kappa shape index (κ2) is 13.0. The van der Waals surface area contributed by atoms with Crippen molar-refractivity contribution >= 4 is 35.4 Å². The molecule has 228 valence electrons. The minimum Gasteiger partial charge on any atom is -0.466 e. The van der Waals surface area contributed by atoms with Crippen LogP contribution in [0.25, 0.3) is 0 Å². The number of hydrogen-bond donors (Lipinski definition) is 1. The molecule has 1 N–H and O–H groups in total. The van der Waals surface area contributed by atoms with Crippen molar-refractivity contribution in [3.63, 3.8) is 0 Å². The first kappa shape index (κ1) is 31.7. The summed E-state index contributed by atoms with van der Waals surface area (Å²) in [5, 5.41) is 1.82. The van der Waals surface area contributed by atoms with Gasteiger partial charge in [0.05, 0.1) is 83.6 Å². The lowest BCUT2D eigenvalue weighted by Crippen LogP contribution is -2.37. The van der Waals surface area contributed by atoms with E-state index in [1.54, 1.807) is 12.1 Å². The number of carbonyl (C=O) groups is 4. The van der Waals surface area contributed by atoms with Crippen LogP contribution in [0.15, 0.2) is 65.0 Å². The molecule has 0 aliphatic carbocycles. The summed E-state index contributed by atoms with van der Waals surface area (Å²) >= 11 is 6.21. The zero-order valence-electron chi connectivity index (χ0n) is 22.8. The molecule has 2 aromatic rings. The molecule has 0 fully saturated rings. The van der Waals surface area contributed by atoms with E-state index in [9.17, 15) is 36.7 Å². The van der Waals surface area contributed by atoms with Crippen LogP contribution in [0.4, 0.5) is 17.6 Å². The summed E-state index contributed by atoms with van der Waals surface area (Å²) in [6, 6.07) is 9.20. The van der Waals surface area contributed by atoms with Gasteiger partial charge in [-0.25, -0.2) is 14.0 Å². The van der Waals surface area contributed by atoms with Crippen LogP contribution in [-0.4, -0.2) is 68.8 Å². The molecule has 0 aromatic heterocycles. The van der Waals surface area contributed by atoms with Crippen molar-refractivity contribution in [2.75, 3.05) is 40.1 Å². The van der Waals surface area contributed by atoms with Crippen molar-refractivity contribution in [3.05, 3.63) is 92.3 Å². The smallest absolute Gasteiger partial charge is 0.417 e. The van der Waals surface area contributed by atoms with Gasteiger partial charge in [0, 0.05) is 0 Å². The summed E-state index contributed by atoms with van der Waals surface area (Å²) in [4.78, 5) is 52.4. The quantitative estimate of drug-likeness (QED) is 0.177. The van der Waals surface area contributed by atoms with Crippen molar-refractivity contribution in [1.29, 1.82) is 0 Å². The number of hydrogen-bond acceptors (Lipinski definition) is 8. The van der Waals surface area contributed by atoms with Gasteiger partial charge >= 0.3 is 18.1 Å². The number of benzene rings is 2. The predicted molar refractivity (Wildman–Crippen MR) is 144 cm³/mol. The van der Waals surface area contributed by atoms with Crippen LogP contribution in [-0.2, 0) is 30.0 Å². The molecule has 2 amide bonds. The van der Waals surface area contributed by atoms with Crippen LogP contribution in [0.2, 0.25) is 5.02 Å². The number of fused-ring (bicyclic) bond motifs is 1. The summed E-state index contributed by atoms with van der Waals surface area (Å²) in [5.74, 6) is -4.83. The fraction of sp³-hybridized carbons (Fsp3) is 0.310. The van der Waals surface area contributed by atoms with Gasteiger partial charge in [-0.1, -0.05) is 35.9 Å². The van der Waals surface area contributed by atoms with Crippen molar-refractivity contribution in [2.24, 2.45) is 0 Å². The maximum Gasteiger partial charge on any atom is 0.417 e. The van der Waals surface area contributed by atoms with Gasteiger partial charge in [-0.3, -0.25) is 14.5 Å². The van der Waals surface area contributed by atoms with Gasteiger partial charge in [-0.15, -0.1) is 0 Å². The Balaban J connectivity index is 1.72. The van der Waals surface area contributed by atoms with Crippen LogP contribution >= 0.6 is 11.6 Å². The molecule has 2 heterocycles. The number of halogens is 5. The fourth-order valence-electron chi connectivity index (χ4n) is 4.90. The van der Waals surface area contributed by atoms with E-state index < -0.39 is 71.0 Å². The third-order valence-corrected chi connectivity index (χ3v) is 7.21. The SMILES string of the molecule is CCOC(=O)C1=C(COCCN2C(=O)c3ccccc3C2=O)NC(CF)=C(C(=O)OC)C1c1cccc(C(F)(F)F)c1Cl. The molecular formula is C29H25ClF4N2O7. The van der Waals surface area contributed by atoms with Gasteiger partial charge in [0.15, 0.2) is 0 Å². The number of imide groups is 1. The molecule has 4 rings (SSSR count). The number of nitrogens with zero attached hydrogens (tertiary/aromatic N) is 1. The summed E-state index contributed by atoms with van der Waals surface area (Å²) in [7, 11) is 0.988. The Morgan fingerprint density at radius 3 is 2.16 bits per heavy atom. The highest BCUT2D eigenvalue weighted by molar-refractivity contribution is 6.32.